The van der Waals surface area contributed by atoms with Gasteiger partial charge < -0.3 is 4.74 Å². The molecule has 0 aromatic heterocycles. The van der Waals surface area contributed by atoms with Gasteiger partial charge in [-0.15, -0.1) is 0 Å². The quantitative estimate of drug-likeness (QED) is 0.709. The Kier molecular flexibility index (Phi) is 4.21. The summed E-state index contributed by atoms with van der Waals surface area (Å²) in [5.41, 5.74) is 2.05. The first-order chi connectivity index (χ1) is 12.5. The highest BCUT2D eigenvalue weighted by Crippen LogP contribution is 2.42. The van der Waals surface area contributed by atoms with E-state index in [2.05, 4.69) is 0 Å². The Labute approximate surface area is 158 Å². The van der Waals surface area contributed by atoms with Gasteiger partial charge in [0.25, 0.3) is 0 Å². The molecule has 26 heavy (non-hydrogen) atoms. The number of cyclic esters (lactones) is 1. The molecule has 132 valence electrons. The van der Waals surface area contributed by atoms with Crippen molar-refractivity contribution in [2.75, 3.05) is 11.5 Å². The number of carbonyl (C=O) groups is 2. The minimum Gasteiger partial charge on any atom is -0.456 e. The highest BCUT2D eigenvalue weighted by Gasteiger charge is 2.43. The summed E-state index contributed by atoms with van der Waals surface area (Å²) in [5.74, 6) is -1.70. The van der Waals surface area contributed by atoms with Crippen molar-refractivity contribution in [2.24, 2.45) is 0 Å². The Balaban J connectivity index is 1.84. The van der Waals surface area contributed by atoms with E-state index in [1.807, 2.05) is 6.07 Å². The van der Waals surface area contributed by atoms with Crippen LogP contribution in [0, 0.1) is 5.82 Å². The van der Waals surface area contributed by atoms with Crippen molar-refractivity contribution in [3.8, 4) is 0 Å². The molecule has 1 amide bonds. The summed E-state index contributed by atoms with van der Waals surface area (Å²) in [6.45, 7) is -0.0219. The highest BCUT2D eigenvalue weighted by atomic mass is 35.5. The van der Waals surface area contributed by atoms with E-state index in [1.165, 1.54) is 23.1 Å². The second kappa shape index (κ2) is 6.41. The highest BCUT2D eigenvalue weighted by molar-refractivity contribution is 6.31. The monoisotopic (exact) mass is 391 g/mol. The molecule has 0 N–H and O–H groups in total. The van der Waals surface area contributed by atoms with E-state index in [1.54, 1.807) is 18.2 Å². The van der Waals surface area contributed by atoms with Crippen LogP contribution < -0.4 is 4.90 Å². The van der Waals surface area contributed by atoms with Gasteiger partial charge in [0.15, 0.2) is 0 Å². The third-order valence-electron chi connectivity index (χ3n) is 4.53. The molecule has 0 radical (unpaired) electrons. The van der Waals surface area contributed by atoms with Gasteiger partial charge in [0.05, 0.1) is 22.0 Å². The van der Waals surface area contributed by atoms with Gasteiger partial charge in [-0.3, -0.25) is 9.69 Å². The number of amides is 1. The summed E-state index contributed by atoms with van der Waals surface area (Å²) in [4.78, 5) is 26.6. The molecular weight excluding hydrogens is 380 g/mol. The molecule has 0 bridgehead atoms. The molecule has 0 fully saturated rings. The van der Waals surface area contributed by atoms with Crippen molar-refractivity contribution in [1.29, 1.82) is 0 Å². The first-order valence-electron chi connectivity index (χ1n) is 7.89. The molecule has 0 saturated heterocycles. The van der Waals surface area contributed by atoms with Crippen molar-refractivity contribution in [1.82, 2.24) is 0 Å². The largest absolute Gasteiger partial charge is 0.456 e. The van der Waals surface area contributed by atoms with Crippen LogP contribution in [0.5, 0.6) is 0 Å². The maximum absolute atomic E-state index is 13.5. The van der Waals surface area contributed by atoms with E-state index < -0.39 is 17.7 Å². The molecule has 7 heteroatoms. The summed E-state index contributed by atoms with van der Waals surface area (Å²) in [5, 5.41) is 0.427. The summed E-state index contributed by atoms with van der Waals surface area (Å²) < 4.78 is 18.7. The van der Waals surface area contributed by atoms with E-state index in [-0.39, 0.29) is 24.0 Å². The Morgan fingerprint density at radius 2 is 1.92 bits per heavy atom. The van der Waals surface area contributed by atoms with Gasteiger partial charge in [0, 0.05) is 17.4 Å². The van der Waals surface area contributed by atoms with E-state index in [4.69, 9.17) is 27.9 Å². The van der Waals surface area contributed by atoms with Gasteiger partial charge in [-0.25, -0.2) is 9.18 Å². The Hall–Kier alpha value is -2.37. The first kappa shape index (κ1) is 17.1. The number of benzene rings is 2. The van der Waals surface area contributed by atoms with Crippen molar-refractivity contribution in [3.05, 3.63) is 75.2 Å². The average Bonchev–Trinajstić information content (AvgIpc) is 2.98. The Bertz CT molecular complexity index is 973. The summed E-state index contributed by atoms with van der Waals surface area (Å²) in [7, 11) is 0. The van der Waals surface area contributed by atoms with Crippen LogP contribution in [0.2, 0.25) is 10.0 Å². The lowest BCUT2D eigenvalue weighted by Crippen LogP contribution is -2.37. The molecule has 2 aliphatic heterocycles. The second-order valence-corrected chi connectivity index (χ2v) is 6.92. The van der Waals surface area contributed by atoms with Crippen LogP contribution in [0.1, 0.15) is 17.9 Å². The van der Waals surface area contributed by atoms with Crippen molar-refractivity contribution < 1.29 is 18.7 Å². The number of esters is 1. The molecule has 0 spiro atoms. The lowest BCUT2D eigenvalue weighted by molar-refractivity contribution is -0.136. The lowest BCUT2D eigenvalue weighted by Gasteiger charge is -2.32. The van der Waals surface area contributed by atoms with E-state index >= 15 is 0 Å². The van der Waals surface area contributed by atoms with Gasteiger partial charge in [0.1, 0.15) is 12.4 Å². The molecule has 2 aromatic rings. The molecule has 2 heterocycles. The van der Waals surface area contributed by atoms with E-state index in [9.17, 15) is 14.0 Å². The predicted octanol–water partition coefficient (Wildman–Crippen LogP) is 4.46. The third-order valence-corrected chi connectivity index (χ3v) is 5.05. The zero-order valence-corrected chi connectivity index (χ0v) is 14.9. The second-order valence-electron chi connectivity index (χ2n) is 6.08. The van der Waals surface area contributed by atoms with Crippen LogP contribution in [0.15, 0.2) is 53.7 Å². The molecule has 2 aromatic carbocycles. The number of nitrogens with zero attached hydrogens (tertiary/aromatic N) is 1. The van der Waals surface area contributed by atoms with Crippen LogP contribution in [0.3, 0.4) is 0 Å². The van der Waals surface area contributed by atoms with Crippen LogP contribution >= 0.6 is 23.2 Å². The number of hydrogen-bond donors (Lipinski definition) is 0. The minimum atomic E-state index is -0.579. The number of carbonyl (C=O) groups excluding carboxylic acids is 2. The van der Waals surface area contributed by atoms with E-state index in [0.29, 0.717) is 22.0 Å². The van der Waals surface area contributed by atoms with Crippen LogP contribution in [-0.4, -0.2) is 18.5 Å². The standard InChI is InChI=1S/C19H12Cl2FNO3/c20-11-3-1-2-10(6-11)13-8-17(24)23(16-9-26-19(25)18(13)16)12-4-5-15(22)14(21)7-12/h1-7,13H,8-9H2. The minimum absolute atomic E-state index is 0.0219. The molecule has 0 aliphatic carbocycles. The topological polar surface area (TPSA) is 46.6 Å². The van der Waals surface area contributed by atoms with Crippen molar-refractivity contribution in [2.45, 2.75) is 12.3 Å². The fraction of sp³-hybridized carbons (Fsp3) is 0.158. The van der Waals surface area contributed by atoms with Gasteiger partial charge >= 0.3 is 5.97 Å². The van der Waals surface area contributed by atoms with Gasteiger partial charge in [0.2, 0.25) is 5.91 Å². The third kappa shape index (κ3) is 2.77. The molecular formula is C19H12Cl2FNO3. The SMILES string of the molecule is O=C1OCC2=C1C(c1cccc(Cl)c1)CC(=O)N2c1ccc(F)c(Cl)c1. The zero-order chi connectivity index (χ0) is 18.4. The smallest absolute Gasteiger partial charge is 0.336 e. The Morgan fingerprint density at radius 3 is 2.65 bits per heavy atom. The zero-order valence-electron chi connectivity index (χ0n) is 13.3. The van der Waals surface area contributed by atoms with Crippen molar-refractivity contribution >= 4 is 40.8 Å². The molecule has 2 aliphatic rings. The fourth-order valence-corrected chi connectivity index (χ4v) is 3.76. The summed E-state index contributed by atoms with van der Waals surface area (Å²) in [6.07, 6.45) is 0.0727. The fourth-order valence-electron chi connectivity index (χ4n) is 3.39. The maximum atomic E-state index is 13.5. The van der Waals surface area contributed by atoms with Crippen LogP contribution in [0.4, 0.5) is 10.1 Å². The Morgan fingerprint density at radius 1 is 1.12 bits per heavy atom. The lowest BCUT2D eigenvalue weighted by atomic mass is 9.84. The number of hydrogen-bond acceptors (Lipinski definition) is 3. The van der Waals surface area contributed by atoms with Crippen LogP contribution in [-0.2, 0) is 14.3 Å². The number of rotatable bonds is 2. The number of ether oxygens (including phenoxy) is 1. The number of anilines is 1. The predicted molar refractivity (Wildman–Crippen MR) is 95.7 cm³/mol. The van der Waals surface area contributed by atoms with Gasteiger partial charge in [-0.2, -0.15) is 0 Å². The average molecular weight is 392 g/mol. The molecule has 0 saturated carbocycles. The molecule has 4 rings (SSSR count). The molecule has 4 nitrogen and oxygen atoms in total. The van der Waals surface area contributed by atoms with Crippen LogP contribution in [0.25, 0.3) is 0 Å². The summed E-state index contributed by atoms with van der Waals surface area (Å²) in [6, 6.07) is 11.1. The normalized spacial score (nSPS) is 19.7. The van der Waals surface area contributed by atoms with Gasteiger partial charge in [-0.05, 0) is 35.9 Å². The van der Waals surface area contributed by atoms with Crippen molar-refractivity contribution in [3.63, 3.8) is 0 Å². The maximum Gasteiger partial charge on any atom is 0.336 e. The molecule has 1 unspecified atom stereocenters. The summed E-state index contributed by atoms with van der Waals surface area (Å²) >= 11 is 11.9. The number of halogens is 3. The van der Waals surface area contributed by atoms with Gasteiger partial charge in [-0.1, -0.05) is 35.3 Å². The van der Waals surface area contributed by atoms with E-state index in [0.717, 1.165) is 5.56 Å². The molecule has 1 atom stereocenters. The first-order valence-corrected chi connectivity index (χ1v) is 8.65.